The second-order valence-corrected chi connectivity index (χ2v) is 5.61. The van der Waals surface area contributed by atoms with Crippen LogP contribution in [0.3, 0.4) is 0 Å². The Bertz CT molecular complexity index is 196. The Hall–Kier alpha value is 0.230. The van der Waals surface area contributed by atoms with Crippen LogP contribution in [0.5, 0.6) is 0 Å². The monoisotopic (exact) mass is 261 g/mol. The molecule has 0 aromatic carbocycles. The molecular weight excluding hydrogens is 234 g/mol. The first-order valence-electron chi connectivity index (χ1n) is 6.70. The van der Waals surface area contributed by atoms with E-state index >= 15 is 0 Å². The molecule has 0 aliphatic carbocycles. The molecule has 0 unspecified atom stereocenters. The third kappa shape index (κ3) is 5.60. The highest BCUT2D eigenvalue weighted by Gasteiger charge is 2.32. The Labute approximate surface area is 111 Å². The van der Waals surface area contributed by atoms with Crippen molar-refractivity contribution in [1.82, 2.24) is 4.90 Å². The first kappa shape index (κ1) is 15.3. The largest absolute Gasteiger partial charge is 0.396 e. The molecule has 3 nitrogen and oxygen atoms in total. The molecule has 17 heavy (non-hydrogen) atoms. The van der Waals surface area contributed by atoms with Gasteiger partial charge in [0.2, 0.25) is 0 Å². The minimum absolute atomic E-state index is 0.321. The van der Waals surface area contributed by atoms with Gasteiger partial charge >= 0.3 is 0 Å². The molecule has 4 heteroatoms. The van der Waals surface area contributed by atoms with Crippen molar-refractivity contribution in [2.45, 2.75) is 32.1 Å². The summed E-state index contributed by atoms with van der Waals surface area (Å²) in [6.07, 6.45) is 5.50. The van der Waals surface area contributed by atoms with Crippen molar-refractivity contribution in [2.24, 2.45) is 5.41 Å². The van der Waals surface area contributed by atoms with Crippen LogP contribution < -0.4 is 0 Å². The number of ether oxygens (including phenoxy) is 1. The lowest BCUT2D eigenvalue weighted by Crippen LogP contribution is -2.41. The number of nitrogens with zero attached hydrogens (tertiary/aromatic N) is 1. The SMILES string of the molecule is CN(CCCCCO)CC1(CS)CCOCC1. The minimum atomic E-state index is 0.321. The van der Waals surface area contributed by atoms with Crippen LogP contribution in [-0.4, -0.2) is 55.7 Å². The Morgan fingerprint density at radius 3 is 2.53 bits per heavy atom. The van der Waals surface area contributed by atoms with Crippen LogP contribution >= 0.6 is 12.6 Å². The van der Waals surface area contributed by atoms with E-state index in [-0.39, 0.29) is 0 Å². The number of aliphatic hydroxyl groups is 1. The molecule has 1 aliphatic heterocycles. The maximum absolute atomic E-state index is 8.73. The number of aliphatic hydroxyl groups excluding tert-OH is 1. The fourth-order valence-electron chi connectivity index (χ4n) is 2.49. The van der Waals surface area contributed by atoms with Crippen LogP contribution in [0.2, 0.25) is 0 Å². The summed E-state index contributed by atoms with van der Waals surface area (Å²) in [4.78, 5) is 2.42. The molecule has 0 bridgehead atoms. The van der Waals surface area contributed by atoms with E-state index < -0.39 is 0 Å². The van der Waals surface area contributed by atoms with Gasteiger partial charge in [0, 0.05) is 26.4 Å². The average Bonchev–Trinajstić information content (AvgIpc) is 2.36. The topological polar surface area (TPSA) is 32.7 Å². The van der Waals surface area contributed by atoms with Gasteiger partial charge in [-0.25, -0.2) is 0 Å². The average molecular weight is 261 g/mol. The van der Waals surface area contributed by atoms with Gasteiger partial charge in [-0.1, -0.05) is 0 Å². The normalized spacial score (nSPS) is 19.8. The van der Waals surface area contributed by atoms with Crippen LogP contribution in [0.4, 0.5) is 0 Å². The van der Waals surface area contributed by atoms with Gasteiger partial charge in [-0.3, -0.25) is 0 Å². The summed E-state index contributed by atoms with van der Waals surface area (Å²) >= 11 is 4.53. The Balaban J connectivity index is 2.24. The van der Waals surface area contributed by atoms with Crippen molar-refractivity contribution in [1.29, 1.82) is 0 Å². The molecule has 0 amide bonds. The third-order valence-electron chi connectivity index (χ3n) is 3.69. The molecule has 1 heterocycles. The van der Waals surface area contributed by atoms with Crippen LogP contribution in [0, 0.1) is 5.41 Å². The maximum Gasteiger partial charge on any atom is 0.0472 e. The summed E-state index contributed by atoms with van der Waals surface area (Å²) in [7, 11) is 2.19. The minimum Gasteiger partial charge on any atom is -0.396 e. The van der Waals surface area contributed by atoms with Crippen LogP contribution in [0.1, 0.15) is 32.1 Å². The van der Waals surface area contributed by atoms with Crippen molar-refractivity contribution in [3.05, 3.63) is 0 Å². The molecule has 0 aromatic rings. The number of hydrogen-bond donors (Lipinski definition) is 2. The van der Waals surface area contributed by atoms with E-state index in [2.05, 4.69) is 24.6 Å². The molecule has 102 valence electrons. The van der Waals surface area contributed by atoms with Crippen molar-refractivity contribution >= 4 is 12.6 Å². The highest BCUT2D eigenvalue weighted by atomic mass is 32.1. The van der Waals surface area contributed by atoms with E-state index in [1.54, 1.807) is 0 Å². The molecule has 1 N–H and O–H groups in total. The van der Waals surface area contributed by atoms with Gasteiger partial charge in [0.15, 0.2) is 0 Å². The van der Waals surface area contributed by atoms with E-state index in [4.69, 9.17) is 9.84 Å². The molecule has 0 saturated carbocycles. The molecule has 0 radical (unpaired) electrons. The summed E-state index contributed by atoms with van der Waals surface area (Å²) in [5, 5.41) is 8.73. The standard InChI is InChI=1S/C13H27NO2S/c1-14(7-3-2-4-8-15)11-13(12-17)5-9-16-10-6-13/h15,17H,2-12H2,1H3. The van der Waals surface area contributed by atoms with E-state index in [1.807, 2.05) is 0 Å². The van der Waals surface area contributed by atoms with Crippen LogP contribution in [0.25, 0.3) is 0 Å². The quantitative estimate of drug-likeness (QED) is 0.516. The maximum atomic E-state index is 8.73. The summed E-state index contributed by atoms with van der Waals surface area (Å²) in [6.45, 7) is 4.34. The second-order valence-electron chi connectivity index (χ2n) is 5.29. The summed E-state index contributed by atoms with van der Waals surface area (Å²) in [5.41, 5.74) is 0.354. The van der Waals surface area contributed by atoms with Crippen LogP contribution in [-0.2, 0) is 4.74 Å². The molecular formula is C13H27NO2S. The third-order valence-corrected chi connectivity index (χ3v) is 4.36. The van der Waals surface area contributed by atoms with Gasteiger partial charge in [0.05, 0.1) is 0 Å². The van der Waals surface area contributed by atoms with E-state index in [1.165, 1.54) is 6.42 Å². The van der Waals surface area contributed by atoms with E-state index in [9.17, 15) is 0 Å². The first-order chi connectivity index (χ1) is 8.22. The van der Waals surface area contributed by atoms with Gasteiger partial charge in [-0.05, 0) is 56.9 Å². The number of rotatable bonds is 8. The summed E-state index contributed by atoms with van der Waals surface area (Å²) in [6, 6.07) is 0. The predicted molar refractivity (Wildman–Crippen MR) is 74.8 cm³/mol. The number of hydrogen-bond acceptors (Lipinski definition) is 4. The predicted octanol–water partition coefficient (Wildman–Crippen LogP) is 1.81. The van der Waals surface area contributed by atoms with Crippen LogP contribution in [0.15, 0.2) is 0 Å². The molecule has 1 fully saturated rings. The van der Waals surface area contributed by atoms with Gasteiger partial charge < -0.3 is 14.7 Å². The first-order valence-corrected chi connectivity index (χ1v) is 7.34. The summed E-state index contributed by atoms with van der Waals surface area (Å²) in [5.74, 6) is 0.956. The van der Waals surface area contributed by atoms with Crippen molar-refractivity contribution < 1.29 is 9.84 Å². The van der Waals surface area contributed by atoms with Crippen molar-refractivity contribution in [3.63, 3.8) is 0 Å². The number of unbranched alkanes of at least 4 members (excludes halogenated alkanes) is 2. The van der Waals surface area contributed by atoms with Gasteiger partial charge in [-0.15, -0.1) is 0 Å². The molecule has 0 atom stereocenters. The molecule has 1 rings (SSSR count). The second kappa shape index (κ2) is 8.35. The van der Waals surface area contributed by atoms with E-state index in [0.717, 1.165) is 57.7 Å². The molecule has 1 saturated heterocycles. The Kier molecular flexibility index (Phi) is 7.51. The lowest BCUT2D eigenvalue weighted by molar-refractivity contribution is 0.0114. The summed E-state index contributed by atoms with van der Waals surface area (Å²) < 4.78 is 5.44. The Morgan fingerprint density at radius 1 is 1.24 bits per heavy atom. The fraction of sp³-hybridized carbons (Fsp3) is 1.00. The zero-order chi connectivity index (χ0) is 12.6. The highest BCUT2D eigenvalue weighted by molar-refractivity contribution is 7.80. The van der Waals surface area contributed by atoms with E-state index in [0.29, 0.717) is 12.0 Å². The zero-order valence-electron chi connectivity index (χ0n) is 11.0. The van der Waals surface area contributed by atoms with Gasteiger partial charge in [-0.2, -0.15) is 12.6 Å². The smallest absolute Gasteiger partial charge is 0.0472 e. The molecule has 0 spiro atoms. The molecule has 0 aromatic heterocycles. The lowest BCUT2D eigenvalue weighted by Gasteiger charge is -2.39. The van der Waals surface area contributed by atoms with Gasteiger partial charge in [0.25, 0.3) is 0 Å². The van der Waals surface area contributed by atoms with Gasteiger partial charge in [0.1, 0.15) is 0 Å². The number of thiol groups is 1. The van der Waals surface area contributed by atoms with Crippen molar-refractivity contribution in [2.75, 3.05) is 45.7 Å². The molecule has 1 aliphatic rings. The fourth-order valence-corrected chi connectivity index (χ4v) is 2.91. The highest BCUT2D eigenvalue weighted by Crippen LogP contribution is 2.32. The zero-order valence-corrected chi connectivity index (χ0v) is 11.9. The van der Waals surface area contributed by atoms with Crippen molar-refractivity contribution in [3.8, 4) is 0 Å². The lowest BCUT2D eigenvalue weighted by atomic mass is 9.81. The Morgan fingerprint density at radius 2 is 1.94 bits per heavy atom.